The number of carbonyl (C=O) groups is 1. The van der Waals surface area contributed by atoms with E-state index in [9.17, 15) is 19.1 Å². The van der Waals surface area contributed by atoms with Gasteiger partial charge in [-0.15, -0.1) is 0 Å². The van der Waals surface area contributed by atoms with Crippen molar-refractivity contribution in [2.24, 2.45) is 0 Å². The molecule has 0 spiro atoms. The average molecular weight is 336 g/mol. The Bertz CT molecular complexity index is 950. The molecule has 1 aromatic heterocycles. The summed E-state index contributed by atoms with van der Waals surface area (Å²) in [5.41, 5.74) is -0.401. The van der Waals surface area contributed by atoms with Gasteiger partial charge in [0.2, 0.25) is 5.43 Å². The van der Waals surface area contributed by atoms with Gasteiger partial charge in [-0.2, -0.15) is 0 Å². The lowest BCUT2D eigenvalue weighted by Crippen LogP contribution is -2.44. The Kier molecular flexibility index (Phi) is 3.37. The molecule has 1 N–H and O–H groups in total. The van der Waals surface area contributed by atoms with Crippen molar-refractivity contribution in [2.45, 2.75) is 13.5 Å². The first-order valence-corrected chi connectivity index (χ1v) is 7.73. The zero-order chi connectivity index (χ0) is 19.9. The van der Waals surface area contributed by atoms with Gasteiger partial charge in [-0.05, 0) is 26.0 Å². The zero-order valence-electron chi connectivity index (χ0n) is 16.3. The molecule has 24 heavy (non-hydrogen) atoms. The SMILES string of the molecule is [2H]C([2H])([2H])N1CCN(c2cc3c(cc2F)c(=O)c(C(=O)O)cn3CC)CC1. The van der Waals surface area contributed by atoms with Crippen LogP contribution in [0.1, 0.15) is 21.4 Å². The lowest BCUT2D eigenvalue weighted by atomic mass is 10.1. The minimum absolute atomic E-state index is 0.0131. The molecule has 1 aliphatic heterocycles. The molecular formula is C17H20FN3O3. The third kappa shape index (κ3) is 2.75. The van der Waals surface area contributed by atoms with Crippen LogP contribution in [0, 0.1) is 5.82 Å². The van der Waals surface area contributed by atoms with Crippen molar-refractivity contribution >= 4 is 22.6 Å². The van der Waals surface area contributed by atoms with Crippen LogP contribution in [0.5, 0.6) is 0 Å². The molecule has 6 nitrogen and oxygen atoms in total. The van der Waals surface area contributed by atoms with Crippen molar-refractivity contribution in [1.29, 1.82) is 0 Å². The minimum Gasteiger partial charge on any atom is -0.477 e. The number of rotatable bonds is 3. The molecule has 7 heteroatoms. The van der Waals surface area contributed by atoms with Gasteiger partial charge >= 0.3 is 5.97 Å². The van der Waals surface area contributed by atoms with Crippen LogP contribution in [-0.2, 0) is 6.54 Å². The summed E-state index contributed by atoms with van der Waals surface area (Å²) in [6.45, 7) is 1.25. The Labute approximate surface area is 142 Å². The van der Waals surface area contributed by atoms with E-state index in [2.05, 4.69) is 0 Å². The number of pyridine rings is 1. The monoisotopic (exact) mass is 336 g/mol. The van der Waals surface area contributed by atoms with Crippen molar-refractivity contribution < 1.29 is 18.4 Å². The van der Waals surface area contributed by atoms with E-state index >= 15 is 0 Å². The summed E-state index contributed by atoms with van der Waals surface area (Å²) in [5.74, 6) is -1.98. The highest BCUT2D eigenvalue weighted by Gasteiger charge is 2.21. The van der Waals surface area contributed by atoms with Gasteiger partial charge < -0.3 is 19.5 Å². The van der Waals surface area contributed by atoms with Gasteiger partial charge in [0.15, 0.2) is 0 Å². The molecule has 1 aromatic carbocycles. The number of anilines is 1. The number of hydrogen-bond donors (Lipinski definition) is 1. The topological polar surface area (TPSA) is 65.8 Å². The van der Waals surface area contributed by atoms with E-state index in [1.165, 1.54) is 17.2 Å². The number of carboxylic acid groups (broad SMARTS) is 1. The fourth-order valence-corrected chi connectivity index (χ4v) is 3.00. The number of benzene rings is 1. The van der Waals surface area contributed by atoms with Crippen molar-refractivity contribution in [3.8, 4) is 0 Å². The third-order valence-electron chi connectivity index (χ3n) is 4.34. The fraction of sp³-hybridized carbons (Fsp3) is 0.412. The molecule has 1 saturated heterocycles. The summed E-state index contributed by atoms with van der Waals surface area (Å²) in [7, 11) is 0. The molecule has 1 aliphatic rings. The molecule has 2 aromatic rings. The quantitative estimate of drug-likeness (QED) is 0.922. The van der Waals surface area contributed by atoms with Crippen LogP contribution < -0.4 is 10.3 Å². The summed E-state index contributed by atoms with van der Waals surface area (Å²) in [6.07, 6.45) is 1.27. The zero-order valence-corrected chi connectivity index (χ0v) is 13.3. The van der Waals surface area contributed by atoms with Crippen LogP contribution in [0.2, 0.25) is 0 Å². The second-order valence-electron chi connectivity index (χ2n) is 5.76. The van der Waals surface area contributed by atoms with Gasteiger partial charge in [0.25, 0.3) is 0 Å². The predicted molar refractivity (Wildman–Crippen MR) is 90.5 cm³/mol. The highest BCUT2D eigenvalue weighted by atomic mass is 19.1. The standard InChI is InChI=1S/C17H20FN3O3/c1-3-20-10-12(17(23)24)16(22)11-8-13(18)15(9-14(11)20)21-6-4-19(2)5-7-21/h8-10H,3-7H2,1-2H3,(H,23,24)/i2D3. The third-order valence-corrected chi connectivity index (χ3v) is 4.34. The van der Waals surface area contributed by atoms with Gasteiger partial charge in [-0.1, -0.05) is 0 Å². The number of aromatic nitrogens is 1. The van der Waals surface area contributed by atoms with E-state index in [-0.39, 0.29) is 24.2 Å². The van der Waals surface area contributed by atoms with Crippen LogP contribution in [0.25, 0.3) is 10.9 Å². The Morgan fingerprint density at radius 2 is 2.04 bits per heavy atom. The molecule has 0 unspecified atom stereocenters. The minimum atomic E-state index is -2.18. The molecule has 3 rings (SSSR count). The van der Waals surface area contributed by atoms with Gasteiger partial charge in [-0.3, -0.25) is 4.79 Å². The van der Waals surface area contributed by atoms with Gasteiger partial charge in [0.1, 0.15) is 11.4 Å². The first-order chi connectivity index (χ1) is 12.6. The molecule has 1 fully saturated rings. The highest BCUT2D eigenvalue weighted by molar-refractivity contribution is 5.93. The number of nitrogens with zero attached hydrogens (tertiary/aromatic N) is 3. The number of piperazine rings is 1. The highest BCUT2D eigenvalue weighted by Crippen LogP contribution is 2.26. The molecular weight excluding hydrogens is 313 g/mol. The van der Waals surface area contributed by atoms with Crippen LogP contribution in [-0.4, -0.2) is 53.7 Å². The maximum absolute atomic E-state index is 14.7. The molecule has 0 amide bonds. The number of aromatic carboxylic acids is 1. The molecule has 0 aliphatic carbocycles. The number of halogens is 1. The summed E-state index contributed by atoms with van der Waals surface area (Å²) in [4.78, 5) is 26.8. The number of carboxylic acids is 1. The smallest absolute Gasteiger partial charge is 0.341 e. The number of hydrogen-bond acceptors (Lipinski definition) is 4. The maximum Gasteiger partial charge on any atom is 0.341 e. The summed E-state index contributed by atoms with van der Waals surface area (Å²) >= 11 is 0. The van der Waals surface area contributed by atoms with Crippen molar-refractivity contribution in [3.05, 3.63) is 39.9 Å². The van der Waals surface area contributed by atoms with E-state index in [0.29, 0.717) is 25.2 Å². The second-order valence-corrected chi connectivity index (χ2v) is 5.76. The van der Waals surface area contributed by atoms with Crippen molar-refractivity contribution in [3.63, 3.8) is 0 Å². The Morgan fingerprint density at radius 1 is 1.33 bits per heavy atom. The average Bonchev–Trinajstić information content (AvgIpc) is 2.61. The summed E-state index contributed by atoms with van der Waals surface area (Å²) < 4.78 is 38.7. The molecule has 0 radical (unpaired) electrons. The molecule has 0 saturated carbocycles. The van der Waals surface area contributed by atoms with Gasteiger partial charge in [0, 0.05) is 48.4 Å². The van der Waals surface area contributed by atoms with E-state index in [0.717, 1.165) is 6.07 Å². The number of fused-ring (bicyclic) bond motifs is 1. The fourth-order valence-electron chi connectivity index (χ4n) is 3.00. The summed E-state index contributed by atoms with van der Waals surface area (Å²) in [5, 5.41) is 9.21. The summed E-state index contributed by atoms with van der Waals surface area (Å²) in [6, 6.07) is 2.61. The second kappa shape index (κ2) is 6.24. The molecule has 0 atom stereocenters. The number of aryl methyl sites for hydroxylation is 1. The maximum atomic E-state index is 14.7. The van der Waals surface area contributed by atoms with Crippen molar-refractivity contribution in [1.82, 2.24) is 9.47 Å². The van der Waals surface area contributed by atoms with Crippen LogP contribution >= 0.6 is 0 Å². The largest absolute Gasteiger partial charge is 0.477 e. The van der Waals surface area contributed by atoms with E-state index in [1.54, 1.807) is 16.4 Å². The predicted octanol–water partition coefficient (Wildman–Crippen LogP) is 1.61. The van der Waals surface area contributed by atoms with Gasteiger partial charge in [0.05, 0.1) is 11.2 Å². The Morgan fingerprint density at radius 3 is 2.62 bits per heavy atom. The first-order valence-electron chi connectivity index (χ1n) is 9.23. The lowest BCUT2D eigenvalue weighted by molar-refractivity contribution is 0.0695. The Hall–Kier alpha value is -2.41. The van der Waals surface area contributed by atoms with E-state index < -0.39 is 29.8 Å². The van der Waals surface area contributed by atoms with Gasteiger partial charge in [-0.25, -0.2) is 9.18 Å². The van der Waals surface area contributed by atoms with Crippen LogP contribution in [0.3, 0.4) is 0 Å². The van der Waals surface area contributed by atoms with E-state index in [1.807, 2.05) is 0 Å². The van der Waals surface area contributed by atoms with Crippen molar-refractivity contribution in [2.75, 3.05) is 38.1 Å². The Balaban J connectivity index is 2.04. The van der Waals surface area contributed by atoms with E-state index in [4.69, 9.17) is 4.11 Å². The van der Waals surface area contributed by atoms with Crippen LogP contribution in [0.4, 0.5) is 10.1 Å². The first kappa shape index (κ1) is 12.9. The van der Waals surface area contributed by atoms with Crippen LogP contribution in [0.15, 0.2) is 23.1 Å². The molecule has 0 bridgehead atoms. The number of likely N-dealkylation sites (N-methyl/N-ethyl adjacent to an activating group) is 1. The lowest BCUT2D eigenvalue weighted by Gasteiger charge is -2.34. The normalized spacial score (nSPS) is 18.2. The molecule has 128 valence electrons. The molecule has 2 heterocycles.